The van der Waals surface area contributed by atoms with Crippen molar-refractivity contribution in [1.82, 2.24) is 26.4 Å². The van der Waals surface area contributed by atoms with E-state index in [1.165, 1.54) is 12.6 Å². The summed E-state index contributed by atoms with van der Waals surface area (Å²) in [4.78, 5) is 54.6. The largest absolute Gasteiger partial charge is 0.492 e. The van der Waals surface area contributed by atoms with Crippen molar-refractivity contribution < 1.29 is 28.7 Å². The normalized spacial score (nSPS) is 15.4. The van der Waals surface area contributed by atoms with E-state index < -0.39 is 36.2 Å². The first kappa shape index (κ1) is 43.3. The fraction of sp³-hybridized carbons (Fsp3) is 0.364. The molecule has 0 saturated heterocycles. The van der Waals surface area contributed by atoms with Gasteiger partial charge >= 0.3 is 0 Å². The van der Waals surface area contributed by atoms with Crippen LogP contribution in [0.3, 0.4) is 0 Å². The molecule has 0 radical (unpaired) electrons. The van der Waals surface area contributed by atoms with Gasteiger partial charge in [0.1, 0.15) is 24.7 Å². The molecule has 1 aliphatic rings. The van der Waals surface area contributed by atoms with E-state index in [1.54, 1.807) is 30.3 Å². The van der Waals surface area contributed by atoms with Crippen molar-refractivity contribution in [1.29, 1.82) is 0 Å². The van der Waals surface area contributed by atoms with Crippen LogP contribution in [0.1, 0.15) is 59.3 Å². The lowest BCUT2D eigenvalue weighted by atomic mass is 9.93. The fourth-order valence-corrected chi connectivity index (χ4v) is 6.90. The lowest BCUT2D eigenvalue weighted by molar-refractivity contribution is -0.143. The van der Waals surface area contributed by atoms with Crippen LogP contribution in [0, 0.1) is 0 Å². The number of amides is 4. The summed E-state index contributed by atoms with van der Waals surface area (Å²) in [5.74, 6) is -1.12. The number of nitrogens with one attached hydrogen (secondary N) is 4. The predicted molar refractivity (Wildman–Crippen MR) is 225 cm³/mol. The standard InChI is InChI=1S/C44H56N8O6/c1-3-4-5-29-6-9-31(10-7-29)32-11-13-33(14-12-32)43(55)50-28-41(54)52(48-2)42-34-15-17-39(58-23-21-47)37(26-34)36-25-30(8-16-38(36)57-22-20-46)24-35(18-19-45)51-40(53)27-49-44(42)56/h6-17,25-26,35,42,48H,3-5,18-24,27-28,45-47H2,1-2H3,(H,49,56)(H,50,55)(H,51,53). The van der Waals surface area contributed by atoms with Crippen molar-refractivity contribution in [2.24, 2.45) is 17.2 Å². The van der Waals surface area contributed by atoms with Crippen molar-refractivity contribution in [2.45, 2.75) is 51.1 Å². The van der Waals surface area contributed by atoms with E-state index in [0.717, 1.165) is 41.0 Å². The zero-order valence-corrected chi connectivity index (χ0v) is 33.4. The fourth-order valence-electron chi connectivity index (χ4n) is 6.90. The molecule has 14 heteroatoms. The van der Waals surface area contributed by atoms with Gasteiger partial charge in [-0.25, -0.2) is 5.43 Å². The van der Waals surface area contributed by atoms with Gasteiger partial charge in [-0.15, -0.1) is 0 Å². The van der Waals surface area contributed by atoms with E-state index in [4.69, 9.17) is 26.7 Å². The minimum atomic E-state index is -1.29. The number of ether oxygens (including phenoxy) is 2. The summed E-state index contributed by atoms with van der Waals surface area (Å²) in [5.41, 5.74) is 26.6. The third kappa shape index (κ3) is 11.4. The number of carbonyl (C=O) groups is 4. The van der Waals surface area contributed by atoms with Gasteiger partial charge in [-0.05, 0) is 96.4 Å². The summed E-state index contributed by atoms with van der Waals surface area (Å²) >= 11 is 0. The van der Waals surface area contributed by atoms with E-state index in [9.17, 15) is 19.2 Å². The average Bonchev–Trinajstić information content (AvgIpc) is 3.24. The Labute approximate surface area is 340 Å². The second-order valence-corrected chi connectivity index (χ2v) is 14.1. The Kier molecular flexibility index (Phi) is 16.2. The highest BCUT2D eigenvalue weighted by Crippen LogP contribution is 2.40. The number of benzene rings is 4. The SMILES string of the molecule is CCCCc1ccc(-c2ccc(C(=O)NCC(=O)N(NC)C3C(=O)NCC(=O)NC(CCN)Cc4ccc(OCCN)c(c4)-c4cc3ccc4OCCN)cc2)cc1. The number of fused-ring (bicyclic) bond motifs is 5. The number of hydrogen-bond acceptors (Lipinski definition) is 10. The topological polar surface area (TPSA) is 216 Å². The number of carbonyl (C=O) groups excluding carboxylic acids is 4. The minimum absolute atomic E-state index is 0.218. The zero-order valence-electron chi connectivity index (χ0n) is 33.4. The van der Waals surface area contributed by atoms with E-state index in [-0.39, 0.29) is 38.9 Å². The van der Waals surface area contributed by atoms with Crippen LogP contribution in [-0.2, 0) is 27.2 Å². The van der Waals surface area contributed by atoms with Gasteiger partial charge in [-0.1, -0.05) is 61.9 Å². The molecule has 2 atom stereocenters. The molecular formula is C44H56N8O6. The molecule has 10 N–H and O–H groups in total. The van der Waals surface area contributed by atoms with Crippen molar-refractivity contribution in [3.05, 3.63) is 107 Å². The van der Waals surface area contributed by atoms with E-state index in [0.29, 0.717) is 53.1 Å². The van der Waals surface area contributed by atoms with E-state index >= 15 is 0 Å². The first-order chi connectivity index (χ1) is 28.2. The molecule has 0 aromatic heterocycles. The van der Waals surface area contributed by atoms with Crippen LogP contribution < -0.4 is 48.1 Å². The molecule has 4 aromatic carbocycles. The Morgan fingerprint density at radius 1 is 0.828 bits per heavy atom. The molecule has 308 valence electrons. The monoisotopic (exact) mass is 792 g/mol. The maximum Gasteiger partial charge on any atom is 0.257 e. The van der Waals surface area contributed by atoms with Crippen molar-refractivity contribution in [3.63, 3.8) is 0 Å². The Bertz CT molecular complexity index is 2010. The maximum atomic E-state index is 14.1. The average molecular weight is 793 g/mol. The van der Waals surface area contributed by atoms with Crippen molar-refractivity contribution in [3.8, 4) is 33.8 Å². The van der Waals surface area contributed by atoms with Crippen LogP contribution in [-0.4, -0.2) is 87.7 Å². The summed E-state index contributed by atoms with van der Waals surface area (Å²) in [6, 6.07) is 24.8. The van der Waals surface area contributed by atoms with Gasteiger partial charge in [0, 0.05) is 42.9 Å². The number of rotatable bonds is 17. The molecule has 5 rings (SSSR count). The Morgan fingerprint density at radius 3 is 2.09 bits per heavy atom. The van der Waals surface area contributed by atoms with Gasteiger partial charge in [0.2, 0.25) is 11.8 Å². The van der Waals surface area contributed by atoms with Crippen LogP contribution in [0.4, 0.5) is 0 Å². The van der Waals surface area contributed by atoms with Crippen molar-refractivity contribution in [2.75, 3.05) is 53.0 Å². The van der Waals surface area contributed by atoms with Crippen LogP contribution in [0.15, 0.2) is 84.9 Å². The highest BCUT2D eigenvalue weighted by atomic mass is 16.5. The summed E-state index contributed by atoms with van der Waals surface area (Å²) < 4.78 is 12.2. The van der Waals surface area contributed by atoms with Crippen LogP contribution >= 0.6 is 0 Å². The summed E-state index contributed by atoms with van der Waals surface area (Å²) in [6.45, 7) is 2.72. The van der Waals surface area contributed by atoms with Gasteiger partial charge < -0.3 is 42.6 Å². The minimum Gasteiger partial charge on any atom is -0.492 e. The number of hydrogen-bond donors (Lipinski definition) is 7. The number of hydrazine groups is 1. The molecule has 58 heavy (non-hydrogen) atoms. The molecule has 4 bridgehead atoms. The Hall–Kier alpha value is -5.80. The summed E-state index contributed by atoms with van der Waals surface area (Å²) in [7, 11) is 1.50. The second-order valence-electron chi connectivity index (χ2n) is 14.1. The first-order valence-corrected chi connectivity index (χ1v) is 19.9. The zero-order chi connectivity index (χ0) is 41.4. The molecule has 0 saturated carbocycles. The molecule has 14 nitrogen and oxygen atoms in total. The summed E-state index contributed by atoms with van der Waals surface area (Å²) in [5, 5.41) is 9.52. The van der Waals surface area contributed by atoms with E-state index in [2.05, 4.69) is 52.6 Å². The molecular weight excluding hydrogens is 737 g/mol. The van der Waals surface area contributed by atoms with Gasteiger partial charge in [-0.2, -0.15) is 0 Å². The quantitative estimate of drug-likeness (QED) is 0.0776. The maximum absolute atomic E-state index is 14.1. The molecule has 0 spiro atoms. The Morgan fingerprint density at radius 2 is 1.47 bits per heavy atom. The van der Waals surface area contributed by atoms with E-state index in [1.807, 2.05) is 30.3 Å². The number of nitrogens with two attached hydrogens (primary N) is 3. The second kappa shape index (κ2) is 21.6. The third-order valence-corrected chi connectivity index (χ3v) is 9.86. The first-order valence-electron chi connectivity index (χ1n) is 19.9. The number of unbranched alkanes of at least 4 members (excludes halogenated alkanes) is 1. The smallest absolute Gasteiger partial charge is 0.257 e. The summed E-state index contributed by atoms with van der Waals surface area (Å²) in [6.07, 6.45) is 4.28. The molecule has 4 aromatic rings. The van der Waals surface area contributed by atoms with Crippen LogP contribution in [0.25, 0.3) is 22.3 Å². The van der Waals surface area contributed by atoms with Gasteiger partial charge in [0.25, 0.3) is 11.8 Å². The lowest BCUT2D eigenvalue weighted by Gasteiger charge is -2.31. The molecule has 1 aliphatic heterocycles. The molecule has 4 amide bonds. The number of nitrogens with zero attached hydrogens (tertiary/aromatic N) is 1. The predicted octanol–water partition coefficient (Wildman–Crippen LogP) is 2.98. The third-order valence-electron chi connectivity index (χ3n) is 9.86. The molecule has 0 aliphatic carbocycles. The Balaban J connectivity index is 1.44. The molecule has 1 heterocycles. The number of aryl methyl sites for hydroxylation is 1. The lowest BCUT2D eigenvalue weighted by Crippen LogP contribution is -2.53. The van der Waals surface area contributed by atoms with Crippen LogP contribution in [0.5, 0.6) is 11.5 Å². The highest BCUT2D eigenvalue weighted by Gasteiger charge is 2.33. The molecule has 0 fully saturated rings. The van der Waals surface area contributed by atoms with Crippen molar-refractivity contribution >= 4 is 23.6 Å². The highest BCUT2D eigenvalue weighted by molar-refractivity contribution is 5.98. The van der Waals surface area contributed by atoms with Gasteiger partial charge in [-0.3, -0.25) is 24.2 Å². The molecule has 2 unspecified atom stereocenters. The van der Waals surface area contributed by atoms with Gasteiger partial charge in [0.15, 0.2) is 6.04 Å². The van der Waals surface area contributed by atoms with Gasteiger partial charge in [0.05, 0.1) is 13.1 Å². The van der Waals surface area contributed by atoms with Crippen LogP contribution in [0.2, 0.25) is 0 Å².